The molecular weight excluding hydrogens is 354 g/mol. The largest absolute Gasteiger partial charge is 0.493 e. The summed E-state index contributed by atoms with van der Waals surface area (Å²) < 4.78 is 11.1. The van der Waals surface area contributed by atoms with Crippen LogP contribution in [0.25, 0.3) is 0 Å². The van der Waals surface area contributed by atoms with Crippen molar-refractivity contribution in [2.24, 2.45) is 23.7 Å². The van der Waals surface area contributed by atoms with Gasteiger partial charge in [0.15, 0.2) is 17.3 Å². The van der Waals surface area contributed by atoms with Gasteiger partial charge in [-0.1, -0.05) is 0 Å². The SMILES string of the molecule is COc1cc(C(C)=O)ccc1OCCCC(=O)NC1C2CC3CC(C2)CC1C3. The Kier molecular flexibility index (Phi) is 5.61. The van der Waals surface area contributed by atoms with Crippen LogP contribution in [0.15, 0.2) is 18.2 Å². The standard InChI is InChI=1S/C23H31NO4/c1-14(25)17-5-6-20(21(13-17)27-2)28-7-3-4-22(26)24-23-18-9-15-8-16(11-18)12-19(23)10-15/h5-6,13,15-16,18-19,23H,3-4,7-12H2,1-2H3,(H,24,26). The first-order valence-corrected chi connectivity index (χ1v) is 10.6. The molecule has 28 heavy (non-hydrogen) atoms. The van der Waals surface area contributed by atoms with Crippen molar-refractivity contribution in [1.29, 1.82) is 0 Å². The molecule has 0 saturated heterocycles. The highest BCUT2D eigenvalue weighted by Gasteiger charge is 2.48. The summed E-state index contributed by atoms with van der Waals surface area (Å²) in [4.78, 5) is 23.9. The second-order valence-electron chi connectivity index (χ2n) is 8.90. The summed E-state index contributed by atoms with van der Waals surface area (Å²) in [6.07, 6.45) is 7.84. The van der Waals surface area contributed by atoms with Crippen molar-refractivity contribution in [1.82, 2.24) is 5.32 Å². The number of benzene rings is 1. The van der Waals surface area contributed by atoms with Crippen LogP contribution in [0.4, 0.5) is 0 Å². The Morgan fingerprint density at radius 1 is 1.04 bits per heavy atom. The van der Waals surface area contributed by atoms with Crippen LogP contribution in [0.1, 0.15) is 62.2 Å². The van der Waals surface area contributed by atoms with Gasteiger partial charge in [0, 0.05) is 18.0 Å². The molecule has 1 amide bonds. The summed E-state index contributed by atoms with van der Waals surface area (Å²) in [5.74, 6) is 4.56. The number of ether oxygens (including phenoxy) is 2. The summed E-state index contributed by atoms with van der Waals surface area (Å²) >= 11 is 0. The molecule has 0 spiro atoms. The van der Waals surface area contributed by atoms with Gasteiger partial charge < -0.3 is 14.8 Å². The molecule has 0 aromatic heterocycles. The quantitative estimate of drug-likeness (QED) is 0.543. The maximum Gasteiger partial charge on any atom is 0.220 e. The maximum absolute atomic E-state index is 12.5. The van der Waals surface area contributed by atoms with Crippen molar-refractivity contribution < 1.29 is 19.1 Å². The van der Waals surface area contributed by atoms with Crippen molar-refractivity contribution in [3.8, 4) is 11.5 Å². The molecule has 1 aromatic rings. The third-order valence-electron chi connectivity index (χ3n) is 6.93. The summed E-state index contributed by atoms with van der Waals surface area (Å²) in [7, 11) is 1.56. The lowest BCUT2D eigenvalue weighted by Crippen LogP contribution is -2.55. The third kappa shape index (κ3) is 4.03. The molecule has 0 aliphatic heterocycles. The molecule has 1 N–H and O–H groups in total. The topological polar surface area (TPSA) is 64.6 Å². The van der Waals surface area contributed by atoms with Gasteiger partial charge in [-0.3, -0.25) is 9.59 Å². The summed E-state index contributed by atoms with van der Waals surface area (Å²) in [5.41, 5.74) is 0.597. The van der Waals surface area contributed by atoms with Gasteiger partial charge in [-0.15, -0.1) is 0 Å². The summed E-state index contributed by atoms with van der Waals surface area (Å²) in [5, 5.41) is 3.35. The molecule has 5 nitrogen and oxygen atoms in total. The Morgan fingerprint density at radius 3 is 2.32 bits per heavy atom. The van der Waals surface area contributed by atoms with E-state index in [1.165, 1.54) is 39.0 Å². The fourth-order valence-electron chi connectivity index (χ4n) is 5.84. The monoisotopic (exact) mass is 385 g/mol. The van der Waals surface area contributed by atoms with E-state index < -0.39 is 0 Å². The lowest BCUT2D eigenvalue weighted by atomic mass is 9.54. The van der Waals surface area contributed by atoms with Gasteiger partial charge in [0.05, 0.1) is 13.7 Å². The van der Waals surface area contributed by atoms with Gasteiger partial charge in [0.25, 0.3) is 0 Å². The Hall–Kier alpha value is -2.04. The molecule has 4 saturated carbocycles. The maximum atomic E-state index is 12.5. The molecule has 4 aliphatic carbocycles. The number of hydrogen-bond donors (Lipinski definition) is 1. The van der Waals surface area contributed by atoms with Crippen LogP contribution < -0.4 is 14.8 Å². The Balaban J connectivity index is 1.22. The van der Waals surface area contributed by atoms with Gasteiger partial charge in [0.1, 0.15) is 0 Å². The molecule has 4 bridgehead atoms. The van der Waals surface area contributed by atoms with E-state index in [9.17, 15) is 9.59 Å². The highest BCUT2D eigenvalue weighted by Crippen LogP contribution is 2.53. The number of rotatable bonds is 8. The van der Waals surface area contributed by atoms with Crippen LogP contribution in [-0.4, -0.2) is 31.4 Å². The fourth-order valence-corrected chi connectivity index (χ4v) is 5.84. The predicted molar refractivity (Wildman–Crippen MR) is 107 cm³/mol. The van der Waals surface area contributed by atoms with Crippen molar-refractivity contribution in [2.45, 2.75) is 57.9 Å². The predicted octanol–water partition coefficient (Wildman–Crippen LogP) is 4.00. The van der Waals surface area contributed by atoms with Gasteiger partial charge in [-0.05, 0) is 87.3 Å². The van der Waals surface area contributed by atoms with Crippen LogP contribution in [0.5, 0.6) is 11.5 Å². The number of methoxy groups -OCH3 is 1. The van der Waals surface area contributed by atoms with Gasteiger partial charge >= 0.3 is 0 Å². The molecule has 0 heterocycles. The van der Waals surface area contributed by atoms with Crippen LogP contribution >= 0.6 is 0 Å². The fraction of sp³-hybridized carbons (Fsp3) is 0.652. The number of nitrogens with one attached hydrogen (secondary N) is 1. The van der Waals surface area contributed by atoms with Crippen molar-refractivity contribution in [3.05, 3.63) is 23.8 Å². The number of hydrogen-bond acceptors (Lipinski definition) is 4. The zero-order valence-electron chi connectivity index (χ0n) is 16.9. The molecule has 0 atom stereocenters. The summed E-state index contributed by atoms with van der Waals surface area (Å²) in [6, 6.07) is 5.58. The number of amides is 1. The highest BCUT2D eigenvalue weighted by atomic mass is 16.5. The van der Waals surface area contributed by atoms with E-state index in [1.807, 2.05) is 0 Å². The molecule has 4 fully saturated rings. The van der Waals surface area contributed by atoms with Crippen LogP contribution in [-0.2, 0) is 4.79 Å². The number of Topliss-reactive ketones (excluding diaryl/α,β-unsaturated/α-hetero) is 1. The Morgan fingerprint density at radius 2 is 1.71 bits per heavy atom. The zero-order valence-corrected chi connectivity index (χ0v) is 16.9. The van der Waals surface area contributed by atoms with Gasteiger partial charge in [0.2, 0.25) is 5.91 Å². The number of carbonyl (C=O) groups is 2. The zero-order chi connectivity index (χ0) is 19.7. The van der Waals surface area contributed by atoms with E-state index in [-0.39, 0.29) is 11.7 Å². The highest BCUT2D eigenvalue weighted by molar-refractivity contribution is 5.94. The lowest BCUT2D eigenvalue weighted by molar-refractivity contribution is -0.125. The molecule has 0 unspecified atom stereocenters. The van der Waals surface area contributed by atoms with E-state index in [0.717, 1.165) is 11.8 Å². The first-order chi connectivity index (χ1) is 13.5. The minimum Gasteiger partial charge on any atom is -0.493 e. The van der Waals surface area contributed by atoms with Crippen LogP contribution in [0, 0.1) is 23.7 Å². The number of ketones is 1. The van der Waals surface area contributed by atoms with Gasteiger partial charge in [-0.25, -0.2) is 0 Å². The van der Waals surface area contributed by atoms with Gasteiger partial charge in [-0.2, -0.15) is 0 Å². The van der Waals surface area contributed by atoms with Crippen LogP contribution in [0.3, 0.4) is 0 Å². The molecule has 5 heteroatoms. The number of carbonyl (C=O) groups excluding carboxylic acids is 2. The van der Waals surface area contributed by atoms with E-state index in [2.05, 4.69) is 5.32 Å². The van der Waals surface area contributed by atoms with Crippen molar-refractivity contribution >= 4 is 11.7 Å². The Labute approximate surface area is 167 Å². The van der Waals surface area contributed by atoms with Crippen LogP contribution in [0.2, 0.25) is 0 Å². The van der Waals surface area contributed by atoms with E-state index in [1.54, 1.807) is 25.3 Å². The molecule has 4 aliphatic rings. The van der Waals surface area contributed by atoms with E-state index >= 15 is 0 Å². The molecule has 152 valence electrons. The molecule has 1 aromatic carbocycles. The van der Waals surface area contributed by atoms with E-state index in [4.69, 9.17) is 9.47 Å². The lowest BCUT2D eigenvalue weighted by Gasteiger charge is -2.54. The normalized spacial score (nSPS) is 30.1. The molecule has 5 rings (SSSR count). The first kappa shape index (κ1) is 19.3. The summed E-state index contributed by atoms with van der Waals surface area (Å²) in [6.45, 7) is 1.97. The minimum absolute atomic E-state index is 0.00805. The van der Waals surface area contributed by atoms with Crippen molar-refractivity contribution in [3.63, 3.8) is 0 Å². The average molecular weight is 386 g/mol. The smallest absolute Gasteiger partial charge is 0.220 e. The molecule has 0 radical (unpaired) electrons. The molecular formula is C23H31NO4. The first-order valence-electron chi connectivity index (χ1n) is 10.6. The second-order valence-corrected chi connectivity index (χ2v) is 8.90. The second kappa shape index (κ2) is 8.14. The van der Waals surface area contributed by atoms with E-state index in [0.29, 0.717) is 54.4 Å². The Bertz CT molecular complexity index is 716. The minimum atomic E-state index is -0.00805. The third-order valence-corrected chi connectivity index (χ3v) is 6.93. The average Bonchev–Trinajstić information content (AvgIpc) is 2.67. The van der Waals surface area contributed by atoms with Crippen molar-refractivity contribution in [2.75, 3.05) is 13.7 Å².